The van der Waals surface area contributed by atoms with Crippen molar-refractivity contribution in [1.29, 1.82) is 0 Å². The Morgan fingerprint density at radius 2 is 1.43 bits per heavy atom. The highest BCUT2D eigenvalue weighted by Crippen LogP contribution is 2.72. The van der Waals surface area contributed by atoms with E-state index < -0.39 is 76.4 Å². The summed E-state index contributed by atoms with van der Waals surface area (Å²) < 4.78 is 23.6. The largest absolute Gasteiger partial charge is 0.462 e. The summed E-state index contributed by atoms with van der Waals surface area (Å²) in [5.41, 5.74) is -1.99. The molecule has 2 bridgehead atoms. The zero-order chi connectivity index (χ0) is 27.7. The lowest BCUT2D eigenvalue weighted by Gasteiger charge is -2.67. The second-order valence-corrected chi connectivity index (χ2v) is 12.2. The molecule has 0 aromatic rings. The highest BCUT2D eigenvalue weighted by Gasteiger charge is 2.78. The lowest BCUT2D eigenvalue weighted by molar-refractivity contribution is -0.283. The Kier molecular flexibility index (Phi) is 6.61. The number of ketones is 1. The van der Waals surface area contributed by atoms with Gasteiger partial charge in [-0.05, 0) is 36.2 Å². The van der Waals surface area contributed by atoms with Gasteiger partial charge in [-0.3, -0.25) is 24.0 Å². The number of Topliss-reactive ketones (excluding diaryl/α,β-unsaturated/α-hetero) is 1. The van der Waals surface area contributed by atoms with Gasteiger partial charge in [0, 0.05) is 51.4 Å². The predicted molar refractivity (Wildman–Crippen MR) is 130 cm³/mol. The van der Waals surface area contributed by atoms with E-state index in [0.29, 0.717) is 24.8 Å². The van der Waals surface area contributed by atoms with Gasteiger partial charge in [-0.15, -0.1) is 0 Å². The molecule has 0 aromatic carbocycles. The maximum absolute atomic E-state index is 14.0. The number of carbonyl (C=O) groups is 5. The molecule has 0 radical (unpaired) electrons. The van der Waals surface area contributed by atoms with E-state index in [9.17, 15) is 24.0 Å². The van der Waals surface area contributed by atoms with Gasteiger partial charge in [-0.1, -0.05) is 27.4 Å². The van der Waals surface area contributed by atoms with Crippen LogP contribution in [0, 0.1) is 34.0 Å². The van der Waals surface area contributed by atoms with Crippen molar-refractivity contribution in [3.05, 3.63) is 12.2 Å². The highest BCUT2D eigenvalue weighted by atomic mass is 16.6. The lowest BCUT2D eigenvalue weighted by atomic mass is 9.38. The van der Waals surface area contributed by atoms with Crippen LogP contribution in [0.5, 0.6) is 0 Å². The molecule has 1 spiro atoms. The smallest absolute Gasteiger partial charge is 0.303 e. The van der Waals surface area contributed by atoms with Crippen LogP contribution in [0.2, 0.25) is 0 Å². The monoisotopic (exact) mass is 518 g/mol. The molecular formula is C28H38O9. The summed E-state index contributed by atoms with van der Waals surface area (Å²) in [7, 11) is 0. The van der Waals surface area contributed by atoms with Crippen molar-refractivity contribution in [2.45, 2.75) is 98.6 Å². The van der Waals surface area contributed by atoms with Crippen LogP contribution in [-0.2, 0) is 42.9 Å². The maximum Gasteiger partial charge on any atom is 0.303 e. The van der Waals surface area contributed by atoms with Gasteiger partial charge in [-0.25, -0.2) is 0 Å². The van der Waals surface area contributed by atoms with Crippen LogP contribution in [0.1, 0.15) is 74.1 Å². The number of carbonyl (C=O) groups excluding carboxylic acids is 5. The van der Waals surface area contributed by atoms with Gasteiger partial charge in [0.05, 0.1) is 5.41 Å². The average molecular weight is 519 g/mol. The number of fused-ring (bicyclic) bond motifs is 3. The SMILES string of the molecule is C=C1[C@@H]2CC(=O)[C@H]3[C@]4(C)CC[C@H](OC(C)=O)C(C)(C)[C@H]4[C@@H](OC(C)=O)[C@H](OC(C)=O)[C@]3(C2)[C@@H]1OC(C)=O. The standard InChI is InChI=1S/C28H38O9/c1-13-18-11-19(33)22-27(8)10-9-20(34-14(2)29)26(6,7)23(27)21(35-15(3)30)25(37-17(5)32)28(22,12-18)24(13)36-16(4)31/h18,20-25H,1,9-12H2,2-8H3/t18-,20+,21-,22+,23-,24-,25+,27+,28+/m1/s1. The predicted octanol–water partition coefficient (Wildman–Crippen LogP) is 3.32. The van der Waals surface area contributed by atoms with Crippen molar-refractivity contribution in [3.63, 3.8) is 0 Å². The second-order valence-electron chi connectivity index (χ2n) is 12.2. The summed E-state index contributed by atoms with van der Waals surface area (Å²) in [6.45, 7) is 15.3. The van der Waals surface area contributed by atoms with Crippen molar-refractivity contribution in [3.8, 4) is 0 Å². The third-order valence-electron chi connectivity index (χ3n) is 9.55. The Balaban J connectivity index is 2.00. The van der Waals surface area contributed by atoms with Gasteiger partial charge < -0.3 is 18.9 Å². The van der Waals surface area contributed by atoms with E-state index >= 15 is 0 Å². The van der Waals surface area contributed by atoms with E-state index in [1.54, 1.807) is 0 Å². The second kappa shape index (κ2) is 8.95. The summed E-state index contributed by atoms with van der Waals surface area (Å²) in [6, 6.07) is 0. The molecule has 9 heteroatoms. The van der Waals surface area contributed by atoms with E-state index in [4.69, 9.17) is 18.9 Å². The lowest BCUT2D eigenvalue weighted by Crippen LogP contribution is -2.74. The minimum absolute atomic E-state index is 0.000264. The molecule has 0 saturated heterocycles. The molecule has 37 heavy (non-hydrogen) atoms. The number of rotatable bonds is 4. The molecule has 0 N–H and O–H groups in total. The molecule has 0 heterocycles. The first-order valence-electron chi connectivity index (χ1n) is 13.0. The number of hydrogen-bond acceptors (Lipinski definition) is 9. The fraction of sp³-hybridized carbons (Fsp3) is 0.750. The topological polar surface area (TPSA) is 122 Å². The Morgan fingerprint density at radius 3 is 1.97 bits per heavy atom. The van der Waals surface area contributed by atoms with Crippen molar-refractivity contribution >= 4 is 29.7 Å². The van der Waals surface area contributed by atoms with E-state index in [-0.39, 0.29) is 18.1 Å². The first kappa shape index (κ1) is 27.3. The Labute approximate surface area is 217 Å². The molecule has 4 saturated carbocycles. The molecule has 0 unspecified atom stereocenters. The van der Waals surface area contributed by atoms with Gasteiger partial charge in [0.15, 0.2) is 0 Å². The first-order valence-corrected chi connectivity index (χ1v) is 13.0. The van der Waals surface area contributed by atoms with Crippen LogP contribution in [-0.4, -0.2) is 54.1 Å². The fourth-order valence-corrected chi connectivity index (χ4v) is 8.83. The van der Waals surface area contributed by atoms with Crippen LogP contribution in [0.3, 0.4) is 0 Å². The van der Waals surface area contributed by atoms with Crippen molar-refractivity contribution < 1.29 is 42.9 Å². The molecule has 4 rings (SSSR count). The van der Waals surface area contributed by atoms with Crippen molar-refractivity contribution in [2.24, 2.45) is 34.0 Å². The normalized spacial score (nSPS) is 41.6. The van der Waals surface area contributed by atoms with Crippen LogP contribution in [0.15, 0.2) is 12.2 Å². The Morgan fingerprint density at radius 1 is 0.865 bits per heavy atom. The zero-order valence-corrected chi connectivity index (χ0v) is 22.8. The van der Waals surface area contributed by atoms with Crippen LogP contribution >= 0.6 is 0 Å². The quantitative estimate of drug-likeness (QED) is 0.313. The molecule has 4 aliphatic carbocycles. The summed E-state index contributed by atoms with van der Waals surface area (Å²) in [5, 5.41) is 0. The molecule has 9 nitrogen and oxygen atoms in total. The molecule has 9 atom stereocenters. The third-order valence-corrected chi connectivity index (χ3v) is 9.55. The van der Waals surface area contributed by atoms with Gasteiger partial charge >= 0.3 is 23.9 Å². The highest BCUT2D eigenvalue weighted by molar-refractivity contribution is 5.86. The molecule has 0 amide bonds. The number of ether oxygens (including phenoxy) is 4. The van der Waals surface area contributed by atoms with Gasteiger partial charge in [0.25, 0.3) is 0 Å². The van der Waals surface area contributed by atoms with Crippen molar-refractivity contribution in [1.82, 2.24) is 0 Å². The van der Waals surface area contributed by atoms with Crippen LogP contribution in [0.25, 0.3) is 0 Å². The third kappa shape index (κ3) is 4.00. The summed E-state index contributed by atoms with van der Waals surface area (Å²) in [6.07, 6.45) is -1.72. The Hall–Kier alpha value is -2.71. The minimum Gasteiger partial charge on any atom is -0.462 e. The van der Waals surface area contributed by atoms with E-state index in [0.717, 1.165) is 0 Å². The molecule has 204 valence electrons. The van der Waals surface area contributed by atoms with Crippen LogP contribution in [0.4, 0.5) is 0 Å². The fourth-order valence-electron chi connectivity index (χ4n) is 8.83. The maximum atomic E-state index is 14.0. The van der Waals surface area contributed by atoms with Gasteiger partial charge in [0.1, 0.15) is 30.2 Å². The summed E-state index contributed by atoms with van der Waals surface area (Å²) in [4.78, 5) is 63.4. The zero-order valence-electron chi connectivity index (χ0n) is 22.8. The summed E-state index contributed by atoms with van der Waals surface area (Å²) >= 11 is 0. The molecule has 4 fully saturated rings. The first-order chi connectivity index (χ1) is 17.1. The average Bonchev–Trinajstić information content (AvgIpc) is 2.94. The number of hydrogen-bond donors (Lipinski definition) is 0. The van der Waals surface area contributed by atoms with E-state index in [1.165, 1.54) is 27.7 Å². The van der Waals surface area contributed by atoms with E-state index in [1.807, 2.05) is 20.8 Å². The van der Waals surface area contributed by atoms with Gasteiger partial charge in [-0.2, -0.15) is 0 Å². The molecule has 0 aliphatic heterocycles. The minimum atomic E-state index is -1.13. The van der Waals surface area contributed by atoms with Gasteiger partial charge in [0.2, 0.25) is 0 Å². The van der Waals surface area contributed by atoms with Crippen molar-refractivity contribution in [2.75, 3.05) is 0 Å². The number of esters is 4. The Bertz CT molecular complexity index is 1060. The van der Waals surface area contributed by atoms with E-state index in [2.05, 4.69) is 6.58 Å². The summed E-state index contributed by atoms with van der Waals surface area (Å²) in [5.74, 6) is -3.52. The molecular weight excluding hydrogens is 480 g/mol. The molecule has 0 aromatic heterocycles. The molecule has 4 aliphatic rings. The van der Waals surface area contributed by atoms with Crippen LogP contribution < -0.4 is 0 Å².